The second-order valence-electron chi connectivity index (χ2n) is 1.81. The van der Waals surface area contributed by atoms with Crippen molar-refractivity contribution in [2.24, 2.45) is 0 Å². The van der Waals surface area contributed by atoms with Gasteiger partial charge in [0.2, 0.25) is 0 Å². The summed E-state index contributed by atoms with van der Waals surface area (Å²) in [5.41, 5.74) is 0. The van der Waals surface area contributed by atoms with Crippen LogP contribution in [0.3, 0.4) is 0 Å². The zero-order chi connectivity index (χ0) is 7.94. The maximum Gasteiger partial charge on any atom is 0.115 e. The van der Waals surface area contributed by atoms with Crippen molar-refractivity contribution in [3.05, 3.63) is 18.7 Å². The van der Waals surface area contributed by atoms with E-state index in [2.05, 4.69) is 21.1 Å². The van der Waals surface area contributed by atoms with Crippen LogP contribution in [0.15, 0.2) is 23.6 Å². The van der Waals surface area contributed by atoms with Gasteiger partial charge in [-0.25, -0.2) is 9.97 Å². The van der Waals surface area contributed by atoms with Gasteiger partial charge >= 0.3 is 0 Å². The summed E-state index contributed by atoms with van der Waals surface area (Å²) in [6.45, 7) is 2.02. The van der Waals surface area contributed by atoms with Gasteiger partial charge in [-0.2, -0.15) is 0 Å². The Morgan fingerprint density at radius 2 is 2.18 bits per heavy atom. The number of thioether (sulfide) groups is 1. The van der Waals surface area contributed by atoms with Crippen LogP contribution in [0.4, 0.5) is 0 Å². The average molecular weight is 164 g/mol. The van der Waals surface area contributed by atoms with Crippen LogP contribution < -0.4 is 0 Å². The van der Waals surface area contributed by atoms with Crippen molar-refractivity contribution in [1.29, 1.82) is 0 Å². The summed E-state index contributed by atoms with van der Waals surface area (Å²) in [5.74, 6) is 2.95. The Kier molecular flexibility index (Phi) is 3.49. The molecule has 0 saturated heterocycles. The van der Waals surface area contributed by atoms with Crippen molar-refractivity contribution < 1.29 is 0 Å². The van der Waals surface area contributed by atoms with E-state index < -0.39 is 0 Å². The van der Waals surface area contributed by atoms with Gasteiger partial charge in [0, 0.05) is 18.8 Å². The van der Waals surface area contributed by atoms with Crippen LogP contribution >= 0.6 is 11.8 Å². The van der Waals surface area contributed by atoms with Crippen LogP contribution in [0.1, 0.15) is 13.3 Å². The van der Waals surface area contributed by atoms with Gasteiger partial charge in [0.15, 0.2) is 0 Å². The van der Waals surface area contributed by atoms with E-state index >= 15 is 0 Å². The minimum Gasteiger partial charge on any atom is -0.244 e. The second-order valence-corrected chi connectivity index (χ2v) is 2.69. The fourth-order valence-corrected chi connectivity index (χ4v) is 1.07. The number of hydrogen-bond donors (Lipinski definition) is 0. The maximum atomic E-state index is 3.86. The number of nitrogens with zero attached hydrogens (tertiary/aromatic N) is 2. The molecule has 0 amide bonds. The molecule has 11 heavy (non-hydrogen) atoms. The van der Waals surface area contributed by atoms with Crippen molar-refractivity contribution in [1.82, 2.24) is 9.97 Å². The molecule has 1 rings (SSSR count). The first-order valence-electron chi connectivity index (χ1n) is 3.33. The molecule has 0 bridgehead atoms. The highest BCUT2D eigenvalue weighted by atomic mass is 32.2. The summed E-state index contributed by atoms with van der Waals surface area (Å²) in [7, 11) is 0. The predicted octanol–water partition coefficient (Wildman–Crippen LogP) is 1.94. The molecule has 3 heteroatoms. The van der Waals surface area contributed by atoms with E-state index in [4.69, 9.17) is 0 Å². The second kappa shape index (κ2) is 4.75. The summed E-state index contributed by atoms with van der Waals surface area (Å²) < 4.78 is 0. The summed E-state index contributed by atoms with van der Waals surface area (Å²) in [5, 5.41) is 2.94. The fourth-order valence-electron chi connectivity index (χ4n) is 0.505. The third-order valence-corrected chi connectivity index (χ3v) is 1.65. The molecule has 0 spiro atoms. The number of aromatic nitrogens is 2. The van der Waals surface area contributed by atoms with Gasteiger partial charge in [-0.1, -0.05) is 12.8 Å². The van der Waals surface area contributed by atoms with Gasteiger partial charge in [-0.3, -0.25) is 0 Å². The normalized spacial score (nSPS) is 8.45. The Morgan fingerprint density at radius 1 is 1.45 bits per heavy atom. The molecule has 1 aromatic rings. The van der Waals surface area contributed by atoms with Crippen LogP contribution in [0.5, 0.6) is 0 Å². The molecule has 0 aliphatic heterocycles. The molecule has 0 aliphatic rings. The molecule has 0 atom stereocenters. The van der Waals surface area contributed by atoms with E-state index in [0.29, 0.717) is 0 Å². The Bertz CT molecular complexity index is 260. The monoisotopic (exact) mass is 164 g/mol. The van der Waals surface area contributed by atoms with Crippen molar-refractivity contribution >= 4 is 11.8 Å². The first-order valence-corrected chi connectivity index (χ1v) is 4.15. The standard InChI is InChI=1S/C8H8N2S/c1-2-3-4-11-8-5-9-7-10-6-8/h5-7H,2H2,1H3. The van der Waals surface area contributed by atoms with E-state index in [1.807, 2.05) is 6.92 Å². The first-order chi connectivity index (χ1) is 5.43. The summed E-state index contributed by atoms with van der Waals surface area (Å²) in [4.78, 5) is 8.72. The molecule has 0 saturated carbocycles. The smallest absolute Gasteiger partial charge is 0.115 e. The Labute approximate surface area is 70.5 Å². The van der Waals surface area contributed by atoms with Gasteiger partial charge in [0.05, 0.1) is 4.90 Å². The van der Waals surface area contributed by atoms with Crippen molar-refractivity contribution in [2.75, 3.05) is 0 Å². The molecule has 0 N–H and O–H groups in total. The van der Waals surface area contributed by atoms with E-state index in [1.54, 1.807) is 12.4 Å². The molecule has 56 valence electrons. The highest BCUT2D eigenvalue weighted by Gasteiger charge is 1.86. The molecular formula is C8H8N2S. The minimum atomic E-state index is 0.890. The third kappa shape index (κ3) is 3.06. The molecule has 0 aliphatic carbocycles. The summed E-state index contributed by atoms with van der Waals surface area (Å²) in [6, 6.07) is 0. The van der Waals surface area contributed by atoms with Crippen LogP contribution in [-0.4, -0.2) is 9.97 Å². The molecule has 0 fully saturated rings. The lowest BCUT2D eigenvalue weighted by molar-refractivity contribution is 1.10. The van der Waals surface area contributed by atoms with Crippen LogP contribution in [0.2, 0.25) is 0 Å². The topological polar surface area (TPSA) is 25.8 Å². The average Bonchev–Trinajstić information content (AvgIpc) is 2.07. The molecule has 0 aromatic carbocycles. The quantitative estimate of drug-likeness (QED) is 0.468. The molecule has 1 heterocycles. The first kappa shape index (κ1) is 8.09. The lowest BCUT2D eigenvalue weighted by atomic mass is 10.5. The van der Waals surface area contributed by atoms with Gasteiger partial charge < -0.3 is 0 Å². The van der Waals surface area contributed by atoms with Crippen molar-refractivity contribution in [3.8, 4) is 11.2 Å². The van der Waals surface area contributed by atoms with E-state index in [9.17, 15) is 0 Å². The van der Waals surface area contributed by atoms with E-state index in [1.165, 1.54) is 18.1 Å². The number of rotatable bonds is 1. The van der Waals surface area contributed by atoms with Gasteiger partial charge in [-0.05, 0) is 17.0 Å². The molecule has 0 unspecified atom stereocenters. The molecule has 0 radical (unpaired) electrons. The summed E-state index contributed by atoms with van der Waals surface area (Å²) >= 11 is 1.46. The van der Waals surface area contributed by atoms with Crippen LogP contribution in [0.25, 0.3) is 0 Å². The highest BCUT2D eigenvalue weighted by molar-refractivity contribution is 8.03. The fraction of sp³-hybridized carbons (Fsp3) is 0.250. The Balaban J connectivity index is 2.52. The van der Waals surface area contributed by atoms with E-state index in [-0.39, 0.29) is 0 Å². The highest BCUT2D eigenvalue weighted by Crippen LogP contribution is 2.12. The van der Waals surface area contributed by atoms with Gasteiger partial charge in [-0.15, -0.1) is 0 Å². The third-order valence-electron chi connectivity index (χ3n) is 0.955. The predicted molar refractivity (Wildman–Crippen MR) is 46.0 cm³/mol. The zero-order valence-corrected chi connectivity index (χ0v) is 7.06. The molecule has 2 nitrogen and oxygen atoms in total. The zero-order valence-electron chi connectivity index (χ0n) is 6.24. The van der Waals surface area contributed by atoms with E-state index in [0.717, 1.165) is 11.3 Å². The largest absolute Gasteiger partial charge is 0.244 e. The maximum absolute atomic E-state index is 3.86. The SMILES string of the molecule is CCC#CSc1cncnc1. The Hall–Kier alpha value is -1.01. The van der Waals surface area contributed by atoms with Crippen molar-refractivity contribution in [2.45, 2.75) is 18.2 Å². The molecule has 1 aromatic heterocycles. The lowest BCUT2D eigenvalue weighted by Crippen LogP contribution is -1.75. The van der Waals surface area contributed by atoms with Crippen LogP contribution in [0, 0.1) is 11.2 Å². The molecular weight excluding hydrogens is 156 g/mol. The van der Waals surface area contributed by atoms with Gasteiger partial charge in [0.1, 0.15) is 6.33 Å². The van der Waals surface area contributed by atoms with Crippen molar-refractivity contribution in [3.63, 3.8) is 0 Å². The minimum absolute atomic E-state index is 0.890. The van der Waals surface area contributed by atoms with Crippen LogP contribution in [-0.2, 0) is 0 Å². The lowest BCUT2D eigenvalue weighted by Gasteiger charge is -1.87. The van der Waals surface area contributed by atoms with Gasteiger partial charge in [0.25, 0.3) is 0 Å². The number of hydrogen-bond acceptors (Lipinski definition) is 3. The summed E-state index contributed by atoms with van der Waals surface area (Å²) in [6.07, 6.45) is 5.90. The Morgan fingerprint density at radius 3 is 2.82 bits per heavy atom.